The second-order valence-corrected chi connectivity index (χ2v) is 7.79. The van der Waals surface area contributed by atoms with E-state index in [9.17, 15) is 13.2 Å². The molecule has 2 rings (SSSR count). The van der Waals surface area contributed by atoms with E-state index in [-0.39, 0.29) is 10.8 Å². The predicted octanol–water partition coefficient (Wildman–Crippen LogP) is 2.44. The van der Waals surface area contributed by atoms with Crippen LogP contribution in [0.3, 0.4) is 0 Å². The van der Waals surface area contributed by atoms with Crippen LogP contribution in [0.4, 0.5) is 5.69 Å². The Bertz CT molecular complexity index is 593. The highest BCUT2D eigenvalue weighted by molar-refractivity contribution is 9.09. The van der Waals surface area contributed by atoms with Crippen molar-refractivity contribution in [1.29, 1.82) is 0 Å². The summed E-state index contributed by atoms with van der Waals surface area (Å²) in [5.74, 6) is 0.376. The summed E-state index contributed by atoms with van der Waals surface area (Å²) >= 11 is 3.45. The molecule has 0 bridgehead atoms. The minimum absolute atomic E-state index is 0.178. The molecular formula is C14H19BrN2O3S. The van der Waals surface area contributed by atoms with Crippen molar-refractivity contribution in [3.8, 4) is 0 Å². The third-order valence-corrected chi connectivity index (χ3v) is 6.43. The van der Waals surface area contributed by atoms with E-state index in [2.05, 4.69) is 21.2 Å². The van der Waals surface area contributed by atoms with Crippen LogP contribution in [-0.4, -0.2) is 37.0 Å². The van der Waals surface area contributed by atoms with Gasteiger partial charge in [0.15, 0.2) is 0 Å². The molecule has 1 amide bonds. The second-order valence-electron chi connectivity index (χ2n) is 5.21. The number of nitrogens with one attached hydrogen (secondary N) is 1. The molecule has 0 aliphatic carbocycles. The Kier molecular flexibility index (Phi) is 5.40. The Hall–Kier alpha value is -0.920. The number of halogens is 1. The van der Waals surface area contributed by atoms with Crippen LogP contribution in [0.15, 0.2) is 29.2 Å². The van der Waals surface area contributed by atoms with Crippen molar-refractivity contribution >= 4 is 37.5 Å². The van der Waals surface area contributed by atoms with Gasteiger partial charge < -0.3 is 5.32 Å². The lowest BCUT2D eigenvalue weighted by molar-refractivity contribution is -0.114. The van der Waals surface area contributed by atoms with Gasteiger partial charge in [0, 0.05) is 31.0 Å². The maximum atomic E-state index is 12.5. The normalized spacial score (nSPS) is 17.6. The molecule has 0 saturated carbocycles. The van der Waals surface area contributed by atoms with Crippen LogP contribution in [0, 0.1) is 5.92 Å². The summed E-state index contributed by atoms with van der Waals surface area (Å²) in [6.45, 7) is 2.54. The Morgan fingerprint density at radius 1 is 1.29 bits per heavy atom. The summed E-state index contributed by atoms with van der Waals surface area (Å²) in [5.41, 5.74) is 0.597. The van der Waals surface area contributed by atoms with E-state index >= 15 is 0 Å². The number of alkyl halides is 1. The number of carbonyl (C=O) groups is 1. The highest BCUT2D eigenvalue weighted by Crippen LogP contribution is 2.25. The first-order chi connectivity index (χ1) is 9.93. The molecule has 7 heteroatoms. The zero-order valence-corrected chi connectivity index (χ0v) is 14.3. The molecule has 1 aliphatic rings. The standard InChI is InChI=1S/C14H19BrN2O3S/c1-11(18)16-13-2-4-14(5-3-13)21(19,20)17-8-6-12(10-15)7-9-17/h2-5,12H,6-10H2,1H3,(H,16,18). The molecule has 1 fully saturated rings. The minimum Gasteiger partial charge on any atom is -0.326 e. The molecule has 1 aromatic carbocycles. The van der Waals surface area contributed by atoms with E-state index in [0.717, 1.165) is 18.2 Å². The number of piperidine rings is 1. The van der Waals surface area contributed by atoms with Crippen molar-refractivity contribution in [2.75, 3.05) is 23.7 Å². The number of sulfonamides is 1. The number of nitrogens with zero attached hydrogens (tertiary/aromatic N) is 1. The zero-order chi connectivity index (χ0) is 15.5. The van der Waals surface area contributed by atoms with E-state index in [1.165, 1.54) is 19.1 Å². The van der Waals surface area contributed by atoms with Crippen molar-refractivity contribution in [2.24, 2.45) is 5.92 Å². The summed E-state index contributed by atoms with van der Waals surface area (Å²) in [6, 6.07) is 6.30. The number of rotatable bonds is 4. The molecule has 0 radical (unpaired) electrons. The van der Waals surface area contributed by atoms with Crippen LogP contribution in [0.2, 0.25) is 0 Å². The SMILES string of the molecule is CC(=O)Nc1ccc(S(=O)(=O)N2CCC(CBr)CC2)cc1. The van der Waals surface area contributed by atoms with Gasteiger partial charge in [-0.3, -0.25) is 4.79 Å². The molecular weight excluding hydrogens is 356 g/mol. The van der Waals surface area contributed by atoms with Gasteiger partial charge in [-0.25, -0.2) is 8.42 Å². The molecule has 0 aromatic heterocycles. The monoisotopic (exact) mass is 374 g/mol. The van der Waals surface area contributed by atoms with Crippen LogP contribution >= 0.6 is 15.9 Å². The van der Waals surface area contributed by atoms with E-state index in [4.69, 9.17) is 0 Å². The van der Waals surface area contributed by atoms with E-state index < -0.39 is 10.0 Å². The second kappa shape index (κ2) is 6.89. The number of hydrogen-bond donors (Lipinski definition) is 1. The lowest BCUT2D eigenvalue weighted by Gasteiger charge is -2.30. The van der Waals surface area contributed by atoms with Crippen molar-refractivity contribution < 1.29 is 13.2 Å². The van der Waals surface area contributed by atoms with Crippen LogP contribution in [-0.2, 0) is 14.8 Å². The number of benzene rings is 1. The first-order valence-electron chi connectivity index (χ1n) is 6.87. The highest BCUT2D eigenvalue weighted by Gasteiger charge is 2.28. The summed E-state index contributed by atoms with van der Waals surface area (Å²) in [6.07, 6.45) is 1.77. The van der Waals surface area contributed by atoms with Gasteiger partial charge in [0.05, 0.1) is 4.90 Å². The molecule has 5 nitrogen and oxygen atoms in total. The van der Waals surface area contributed by atoms with Crippen LogP contribution in [0.25, 0.3) is 0 Å². The van der Waals surface area contributed by atoms with Gasteiger partial charge in [-0.05, 0) is 43.0 Å². The van der Waals surface area contributed by atoms with E-state index in [0.29, 0.717) is 24.7 Å². The van der Waals surface area contributed by atoms with Gasteiger partial charge in [0.1, 0.15) is 0 Å². The molecule has 0 atom stereocenters. The Morgan fingerprint density at radius 2 is 1.86 bits per heavy atom. The maximum Gasteiger partial charge on any atom is 0.243 e. The Labute approximate surface area is 133 Å². The lowest BCUT2D eigenvalue weighted by atomic mass is 10.0. The molecule has 1 saturated heterocycles. The maximum absolute atomic E-state index is 12.5. The first-order valence-corrected chi connectivity index (χ1v) is 9.43. The van der Waals surface area contributed by atoms with Crippen molar-refractivity contribution in [3.05, 3.63) is 24.3 Å². The van der Waals surface area contributed by atoms with E-state index in [1.807, 2.05) is 0 Å². The third-order valence-electron chi connectivity index (χ3n) is 3.60. The van der Waals surface area contributed by atoms with Gasteiger partial charge in [-0.1, -0.05) is 15.9 Å². The number of anilines is 1. The van der Waals surface area contributed by atoms with Gasteiger partial charge in [-0.15, -0.1) is 0 Å². The smallest absolute Gasteiger partial charge is 0.243 e. The topological polar surface area (TPSA) is 66.5 Å². The number of carbonyl (C=O) groups excluding carboxylic acids is 1. The zero-order valence-electron chi connectivity index (χ0n) is 11.9. The quantitative estimate of drug-likeness (QED) is 0.823. The number of hydrogen-bond acceptors (Lipinski definition) is 3. The minimum atomic E-state index is -3.43. The van der Waals surface area contributed by atoms with Crippen molar-refractivity contribution in [1.82, 2.24) is 4.31 Å². The fourth-order valence-corrected chi connectivity index (χ4v) is 4.48. The lowest BCUT2D eigenvalue weighted by Crippen LogP contribution is -2.38. The van der Waals surface area contributed by atoms with E-state index in [1.54, 1.807) is 16.4 Å². The predicted molar refractivity (Wildman–Crippen MR) is 86.0 cm³/mol. The van der Waals surface area contributed by atoms with Gasteiger partial charge in [-0.2, -0.15) is 4.31 Å². The Balaban J connectivity index is 2.11. The fourth-order valence-electron chi connectivity index (χ4n) is 2.37. The summed E-state index contributed by atoms with van der Waals surface area (Å²) in [5, 5.41) is 3.55. The highest BCUT2D eigenvalue weighted by atomic mass is 79.9. The molecule has 1 heterocycles. The average Bonchev–Trinajstić information content (AvgIpc) is 2.47. The van der Waals surface area contributed by atoms with Gasteiger partial charge in [0.25, 0.3) is 0 Å². The van der Waals surface area contributed by atoms with Crippen LogP contribution < -0.4 is 5.32 Å². The first kappa shape index (κ1) is 16.5. The number of amides is 1. The molecule has 116 valence electrons. The Morgan fingerprint density at radius 3 is 2.33 bits per heavy atom. The van der Waals surface area contributed by atoms with Crippen LogP contribution in [0.1, 0.15) is 19.8 Å². The summed E-state index contributed by atoms with van der Waals surface area (Å²) in [4.78, 5) is 11.2. The van der Waals surface area contributed by atoms with Crippen LogP contribution in [0.5, 0.6) is 0 Å². The molecule has 21 heavy (non-hydrogen) atoms. The molecule has 1 N–H and O–H groups in total. The van der Waals surface area contributed by atoms with Crippen molar-refractivity contribution in [2.45, 2.75) is 24.7 Å². The molecule has 1 aliphatic heterocycles. The van der Waals surface area contributed by atoms with Crippen molar-refractivity contribution in [3.63, 3.8) is 0 Å². The largest absolute Gasteiger partial charge is 0.326 e. The average molecular weight is 375 g/mol. The molecule has 0 unspecified atom stereocenters. The molecule has 0 spiro atoms. The third kappa shape index (κ3) is 4.05. The van der Waals surface area contributed by atoms with Gasteiger partial charge in [0.2, 0.25) is 15.9 Å². The molecule has 1 aromatic rings. The van der Waals surface area contributed by atoms with Gasteiger partial charge >= 0.3 is 0 Å². The fraction of sp³-hybridized carbons (Fsp3) is 0.500. The summed E-state index contributed by atoms with van der Waals surface area (Å²) in [7, 11) is -3.43. The summed E-state index contributed by atoms with van der Waals surface area (Å²) < 4.78 is 26.6.